The van der Waals surface area contributed by atoms with E-state index in [0.717, 1.165) is 17.9 Å². The fraction of sp³-hybridized carbons (Fsp3) is 0.167. The summed E-state index contributed by atoms with van der Waals surface area (Å²) < 4.78 is 10.6. The molecule has 1 atom stereocenters. The van der Waals surface area contributed by atoms with E-state index in [1.54, 1.807) is 54.6 Å². The summed E-state index contributed by atoms with van der Waals surface area (Å²) in [4.78, 5) is 14.9. The van der Waals surface area contributed by atoms with Gasteiger partial charge in [0.1, 0.15) is 18.5 Å². The molecule has 0 spiro atoms. The fourth-order valence-corrected chi connectivity index (χ4v) is 2.04. The third-order valence-corrected chi connectivity index (χ3v) is 3.46. The van der Waals surface area contributed by atoms with Crippen molar-refractivity contribution < 1.29 is 14.3 Å². The maximum atomic E-state index is 12.2. The molecule has 1 saturated heterocycles. The van der Waals surface area contributed by atoms with E-state index in [-0.39, 0.29) is 11.9 Å². The Kier molecular flexibility index (Phi) is 4.91. The molecule has 2 aromatic carbocycles. The van der Waals surface area contributed by atoms with Crippen LogP contribution >= 0.6 is 0 Å². The second kappa shape index (κ2) is 7.46. The van der Waals surface area contributed by atoms with Crippen LogP contribution in [0.25, 0.3) is 16.5 Å². The Balaban J connectivity index is 1.59. The monoisotopic (exact) mass is 321 g/mol. The van der Waals surface area contributed by atoms with Crippen molar-refractivity contribution in [1.82, 2.24) is 0 Å². The molecule has 24 heavy (non-hydrogen) atoms. The van der Waals surface area contributed by atoms with E-state index in [4.69, 9.17) is 15.0 Å². The van der Waals surface area contributed by atoms with Gasteiger partial charge in [0, 0.05) is 16.2 Å². The molecule has 0 radical (unpaired) electrons. The molecule has 0 aliphatic carbocycles. The largest absolute Gasteiger partial charge is 0.491 e. The molecule has 0 saturated carbocycles. The van der Waals surface area contributed by atoms with Gasteiger partial charge in [0.25, 0.3) is 0 Å². The molecule has 6 nitrogen and oxygen atoms in total. The van der Waals surface area contributed by atoms with Crippen LogP contribution in [0.2, 0.25) is 0 Å². The molecule has 0 aromatic heterocycles. The van der Waals surface area contributed by atoms with Gasteiger partial charge in [0.05, 0.1) is 6.61 Å². The van der Waals surface area contributed by atoms with Crippen LogP contribution in [-0.2, 0) is 4.74 Å². The first kappa shape index (κ1) is 15.8. The fourth-order valence-electron chi connectivity index (χ4n) is 2.04. The quantitative estimate of drug-likeness (QED) is 0.190. The summed E-state index contributed by atoms with van der Waals surface area (Å²) in [5.74, 6) is 0.630. The number of allylic oxidation sites excluding steroid dienone is 1. The van der Waals surface area contributed by atoms with Crippen LogP contribution in [0.5, 0.6) is 5.75 Å². The van der Waals surface area contributed by atoms with Crippen molar-refractivity contribution in [2.45, 2.75) is 6.10 Å². The normalized spacial score (nSPS) is 15.8. The van der Waals surface area contributed by atoms with E-state index in [0.29, 0.717) is 17.9 Å². The minimum atomic E-state index is -0.0915. The number of nitrogens with zero attached hydrogens (tertiary/aromatic N) is 3. The Morgan fingerprint density at radius 3 is 2.58 bits per heavy atom. The van der Waals surface area contributed by atoms with E-state index in [1.807, 2.05) is 0 Å². The zero-order valence-electron chi connectivity index (χ0n) is 12.8. The second-order valence-electron chi connectivity index (χ2n) is 5.27. The van der Waals surface area contributed by atoms with E-state index < -0.39 is 0 Å². The van der Waals surface area contributed by atoms with Crippen molar-refractivity contribution in [3.05, 3.63) is 76.2 Å². The maximum Gasteiger partial charge on any atom is 0.185 e. The number of hydrogen-bond acceptors (Lipinski definition) is 4. The number of ketones is 1. The molecule has 0 amide bonds. The van der Waals surface area contributed by atoms with Crippen molar-refractivity contribution in [1.29, 1.82) is 0 Å². The van der Waals surface area contributed by atoms with Crippen LogP contribution in [-0.4, -0.2) is 25.1 Å². The molecule has 120 valence electrons. The predicted octanol–water partition coefficient (Wildman–Crippen LogP) is 4.30. The minimum Gasteiger partial charge on any atom is -0.491 e. The molecule has 1 heterocycles. The zero-order valence-corrected chi connectivity index (χ0v) is 12.8. The van der Waals surface area contributed by atoms with Crippen molar-refractivity contribution in [3.8, 4) is 5.75 Å². The lowest BCUT2D eigenvalue weighted by atomic mass is 10.1. The highest BCUT2D eigenvalue weighted by molar-refractivity contribution is 6.06. The van der Waals surface area contributed by atoms with Gasteiger partial charge in [-0.3, -0.25) is 4.79 Å². The van der Waals surface area contributed by atoms with Crippen LogP contribution in [0.1, 0.15) is 15.9 Å². The SMILES string of the molecule is [N-]=[N+]=Nc1ccc(C=CC(=O)c2ccc(OCC3CO3)cc2)cc1. The molecule has 1 aliphatic rings. The number of carbonyl (C=O) groups is 1. The standard InChI is InChI=1S/C18H15N3O3/c19-21-20-15-6-1-13(2-7-15)3-10-18(22)14-4-8-16(9-5-14)23-11-17-12-24-17/h1-10,17H,11-12H2. The van der Waals surface area contributed by atoms with Gasteiger partial charge in [0.2, 0.25) is 0 Å². The third kappa shape index (κ3) is 4.46. The number of ether oxygens (including phenoxy) is 2. The lowest BCUT2D eigenvalue weighted by Crippen LogP contribution is -2.04. The summed E-state index contributed by atoms with van der Waals surface area (Å²) in [7, 11) is 0. The minimum absolute atomic E-state index is 0.0915. The molecule has 3 rings (SSSR count). The van der Waals surface area contributed by atoms with E-state index in [9.17, 15) is 4.79 Å². The highest BCUT2D eigenvalue weighted by Gasteiger charge is 2.22. The smallest absolute Gasteiger partial charge is 0.185 e. The van der Waals surface area contributed by atoms with Gasteiger partial charge in [-0.25, -0.2) is 0 Å². The summed E-state index contributed by atoms with van der Waals surface area (Å²) in [5.41, 5.74) is 10.3. The summed E-state index contributed by atoms with van der Waals surface area (Å²) in [6, 6.07) is 14.0. The number of rotatable bonds is 7. The van der Waals surface area contributed by atoms with Gasteiger partial charge in [0.15, 0.2) is 5.78 Å². The molecule has 6 heteroatoms. The van der Waals surface area contributed by atoms with Gasteiger partial charge >= 0.3 is 0 Å². The summed E-state index contributed by atoms with van der Waals surface area (Å²) >= 11 is 0. The van der Waals surface area contributed by atoms with E-state index >= 15 is 0 Å². The highest BCUT2D eigenvalue weighted by atomic mass is 16.6. The predicted molar refractivity (Wildman–Crippen MR) is 90.3 cm³/mol. The van der Waals surface area contributed by atoms with Crippen LogP contribution in [0, 0.1) is 0 Å². The third-order valence-electron chi connectivity index (χ3n) is 3.46. The molecule has 1 aliphatic heterocycles. The van der Waals surface area contributed by atoms with Gasteiger partial charge in [-0.15, -0.1) is 0 Å². The first-order valence-electron chi connectivity index (χ1n) is 7.46. The Bertz CT molecular complexity index is 787. The lowest BCUT2D eigenvalue weighted by Gasteiger charge is -2.04. The molecule has 2 aromatic rings. The number of benzene rings is 2. The van der Waals surface area contributed by atoms with Crippen molar-refractivity contribution in [2.75, 3.05) is 13.2 Å². The summed E-state index contributed by atoms with van der Waals surface area (Å²) in [5, 5.41) is 3.50. The molecule has 1 fully saturated rings. The Morgan fingerprint density at radius 1 is 1.25 bits per heavy atom. The molecule has 0 N–H and O–H groups in total. The number of azide groups is 1. The van der Waals surface area contributed by atoms with E-state index in [2.05, 4.69) is 10.0 Å². The van der Waals surface area contributed by atoms with Gasteiger partial charge < -0.3 is 9.47 Å². The van der Waals surface area contributed by atoms with Crippen LogP contribution < -0.4 is 4.74 Å². The topological polar surface area (TPSA) is 87.6 Å². The number of hydrogen-bond donors (Lipinski definition) is 0. The molecule has 0 bridgehead atoms. The average molecular weight is 321 g/mol. The number of carbonyl (C=O) groups excluding carboxylic acids is 1. The first-order chi connectivity index (χ1) is 11.7. The second-order valence-corrected chi connectivity index (χ2v) is 5.27. The molecular weight excluding hydrogens is 306 g/mol. The van der Waals surface area contributed by atoms with E-state index in [1.165, 1.54) is 6.08 Å². The molecular formula is C18H15N3O3. The van der Waals surface area contributed by atoms with Gasteiger partial charge in [-0.05, 0) is 41.4 Å². The van der Waals surface area contributed by atoms with Crippen LogP contribution in [0.4, 0.5) is 5.69 Å². The van der Waals surface area contributed by atoms with Crippen molar-refractivity contribution >= 4 is 17.5 Å². The first-order valence-corrected chi connectivity index (χ1v) is 7.46. The van der Waals surface area contributed by atoms with Gasteiger partial charge in [-0.2, -0.15) is 0 Å². The lowest BCUT2D eigenvalue weighted by molar-refractivity contribution is 0.104. The number of epoxide rings is 1. The Morgan fingerprint density at radius 2 is 1.96 bits per heavy atom. The summed E-state index contributed by atoms with van der Waals surface area (Å²) in [6.07, 6.45) is 3.44. The maximum absolute atomic E-state index is 12.2. The van der Waals surface area contributed by atoms with Crippen molar-refractivity contribution in [2.24, 2.45) is 5.11 Å². The summed E-state index contributed by atoms with van der Waals surface area (Å²) in [6.45, 7) is 1.30. The zero-order chi connectivity index (χ0) is 16.8. The van der Waals surface area contributed by atoms with Crippen LogP contribution in [0.15, 0.2) is 59.7 Å². The van der Waals surface area contributed by atoms with Gasteiger partial charge in [-0.1, -0.05) is 35.5 Å². The Hall–Kier alpha value is -3.08. The van der Waals surface area contributed by atoms with Crippen LogP contribution in [0.3, 0.4) is 0 Å². The average Bonchev–Trinajstić information content (AvgIpc) is 3.44. The highest BCUT2D eigenvalue weighted by Crippen LogP contribution is 2.17. The van der Waals surface area contributed by atoms with Crippen molar-refractivity contribution in [3.63, 3.8) is 0 Å². The molecule has 1 unspecified atom stereocenters. The Labute approximate surface area is 139 Å².